The number of nitrogens with one attached hydrogen (secondary N) is 2. The number of hydrogen-bond acceptors (Lipinski definition) is 5. The molecule has 0 atom stereocenters. The van der Waals surface area contributed by atoms with Crippen LogP contribution in [0.1, 0.15) is 33.3 Å². The summed E-state index contributed by atoms with van der Waals surface area (Å²) in [5.41, 5.74) is 5.45. The first-order valence-electron chi connectivity index (χ1n) is 6.08. The molecule has 0 bridgehead atoms. The zero-order valence-electron chi connectivity index (χ0n) is 11.4. The Morgan fingerprint density at radius 1 is 1.33 bits per heavy atom. The number of carbonyl (C=O) groups is 1. The van der Waals surface area contributed by atoms with E-state index >= 15 is 0 Å². The van der Waals surface area contributed by atoms with Gasteiger partial charge in [-0.3, -0.25) is 4.79 Å². The minimum atomic E-state index is -0.845. The first kappa shape index (κ1) is 14.2. The van der Waals surface area contributed by atoms with Gasteiger partial charge in [0.05, 0.1) is 0 Å². The molecule has 18 heavy (non-hydrogen) atoms. The predicted octanol–water partition coefficient (Wildman–Crippen LogP) is 1.15. The summed E-state index contributed by atoms with van der Waals surface area (Å²) in [7, 11) is 0. The van der Waals surface area contributed by atoms with Gasteiger partial charge < -0.3 is 16.4 Å². The fraction of sp³-hybridized carbons (Fsp3) is 0.583. The molecule has 1 amide bonds. The maximum absolute atomic E-state index is 11.3. The van der Waals surface area contributed by atoms with Gasteiger partial charge in [0.25, 0.3) is 0 Å². The van der Waals surface area contributed by atoms with Crippen molar-refractivity contribution >= 4 is 17.5 Å². The molecule has 0 unspecified atom stereocenters. The standard InChI is InChI=1S/C12H21N5O/c1-5-8-9(14-6-2)15-7-16-10(8)17-12(3,4)11(13)18/h7H,5-6H2,1-4H3,(H2,13,18)(H2,14,15,16,17). The average molecular weight is 251 g/mol. The number of nitrogens with zero attached hydrogens (tertiary/aromatic N) is 2. The normalized spacial score (nSPS) is 11.1. The van der Waals surface area contributed by atoms with Crippen LogP contribution in [0.15, 0.2) is 6.33 Å². The van der Waals surface area contributed by atoms with E-state index in [2.05, 4.69) is 20.6 Å². The summed E-state index contributed by atoms with van der Waals surface area (Å²) in [5, 5.41) is 6.25. The maximum atomic E-state index is 11.3. The highest BCUT2D eigenvalue weighted by Crippen LogP contribution is 2.23. The summed E-state index contributed by atoms with van der Waals surface area (Å²) >= 11 is 0. The number of carbonyl (C=O) groups excluding carboxylic acids is 1. The highest BCUT2D eigenvalue weighted by molar-refractivity contribution is 5.87. The van der Waals surface area contributed by atoms with Gasteiger partial charge in [0.15, 0.2) is 0 Å². The molecule has 0 aromatic carbocycles. The van der Waals surface area contributed by atoms with E-state index < -0.39 is 11.4 Å². The molecule has 1 heterocycles. The quantitative estimate of drug-likeness (QED) is 0.705. The highest BCUT2D eigenvalue weighted by Gasteiger charge is 2.26. The smallest absolute Gasteiger partial charge is 0.242 e. The van der Waals surface area contributed by atoms with E-state index in [1.807, 2.05) is 13.8 Å². The molecule has 6 nitrogen and oxygen atoms in total. The van der Waals surface area contributed by atoms with Crippen LogP contribution in [0.5, 0.6) is 0 Å². The second-order valence-electron chi connectivity index (χ2n) is 4.55. The van der Waals surface area contributed by atoms with Gasteiger partial charge in [0.1, 0.15) is 23.5 Å². The van der Waals surface area contributed by atoms with Crippen molar-refractivity contribution in [3.05, 3.63) is 11.9 Å². The summed E-state index contributed by atoms with van der Waals surface area (Å²) in [5.74, 6) is 1.01. The number of amides is 1. The highest BCUT2D eigenvalue weighted by atomic mass is 16.1. The third-order valence-electron chi connectivity index (χ3n) is 2.69. The molecule has 0 saturated heterocycles. The van der Waals surface area contributed by atoms with Gasteiger partial charge >= 0.3 is 0 Å². The molecule has 0 aliphatic carbocycles. The van der Waals surface area contributed by atoms with Crippen molar-refractivity contribution in [1.82, 2.24) is 9.97 Å². The third-order valence-corrected chi connectivity index (χ3v) is 2.69. The first-order valence-corrected chi connectivity index (χ1v) is 6.08. The molecule has 6 heteroatoms. The lowest BCUT2D eigenvalue weighted by molar-refractivity contribution is -0.121. The summed E-state index contributed by atoms with van der Waals surface area (Å²) < 4.78 is 0. The molecular weight excluding hydrogens is 230 g/mol. The summed E-state index contributed by atoms with van der Waals surface area (Å²) in [6.45, 7) is 8.25. The molecule has 0 saturated carbocycles. The van der Waals surface area contributed by atoms with E-state index in [4.69, 9.17) is 5.73 Å². The van der Waals surface area contributed by atoms with Crippen LogP contribution in [-0.4, -0.2) is 28.0 Å². The van der Waals surface area contributed by atoms with E-state index in [1.54, 1.807) is 13.8 Å². The molecular formula is C12H21N5O. The zero-order chi connectivity index (χ0) is 13.8. The summed E-state index contributed by atoms with van der Waals surface area (Å²) in [4.78, 5) is 19.7. The van der Waals surface area contributed by atoms with Gasteiger partial charge in [-0.25, -0.2) is 9.97 Å². The third kappa shape index (κ3) is 3.09. The van der Waals surface area contributed by atoms with E-state index in [9.17, 15) is 4.79 Å². The zero-order valence-corrected chi connectivity index (χ0v) is 11.4. The minimum absolute atomic E-state index is 0.423. The number of aromatic nitrogens is 2. The van der Waals surface area contributed by atoms with Crippen LogP contribution in [0, 0.1) is 0 Å². The lowest BCUT2D eigenvalue weighted by Crippen LogP contribution is -2.45. The topological polar surface area (TPSA) is 92.9 Å². The van der Waals surface area contributed by atoms with E-state index in [1.165, 1.54) is 6.33 Å². The van der Waals surface area contributed by atoms with Crippen LogP contribution >= 0.6 is 0 Å². The van der Waals surface area contributed by atoms with E-state index in [0.29, 0.717) is 5.82 Å². The Kier molecular flexibility index (Phi) is 4.47. The van der Waals surface area contributed by atoms with E-state index in [-0.39, 0.29) is 0 Å². The van der Waals surface area contributed by atoms with Crippen LogP contribution in [0.25, 0.3) is 0 Å². The minimum Gasteiger partial charge on any atom is -0.370 e. The van der Waals surface area contributed by atoms with Crippen molar-refractivity contribution in [2.24, 2.45) is 5.73 Å². The first-order chi connectivity index (χ1) is 8.42. The second-order valence-corrected chi connectivity index (χ2v) is 4.55. The average Bonchev–Trinajstić information content (AvgIpc) is 2.29. The van der Waals surface area contributed by atoms with E-state index in [0.717, 1.165) is 24.3 Å². The monoisotopic (exact) mass is 251 g/mol. The van der Waals surface area contributed by atoms with Crippen LogP contribution in [0.4, 0.5) is 11.6 Å². The van der Waals surface area contributed by atoms with Crippen molar-refractivity contribution in [1.29, 1.82) is 0 Å². The van der Waals surface area contributed by atoms with Crippen molar-refractivity contribution in [3.63, 3.8) is 0 Å². The Balaban J connectivity index is 3.09. The molecule has 1 aromatic rings. The predicted molar refractivity (Wildman–Crippen MR) is 72.5 cm³/mol. The molecule has 0 aliphatic heterocycles. The number of rotatable bonds is 6. The van der Waals surface area contributed by atoms with Crippen molar-refractivity contribution in [2.75, 3.05) is 17.2 Å². The Bertz CT molecular complexity index is 430. The molecule has 100 valence electrons. The fourth-order valence-corrected chi connectivity index (χ4v) is 1.53. The van der Waals surface area contributed by atoms with Crippen LogP contribution in [-0.2, 0) is 11.2 Å². The Labute approximate surface area is 107 Å². The van der Waals surface area contributed by atoms with Gasteiger partial charge in [0, 0.05) is 12.1 Å². The molecule has 1 rings (SSSR count). The number of anilines is 2. The van der Waals surface area contributed by atoms with Crippen molar-refractivity contribution in [2.45, 2.75) is 39.7 Å². The summed E-state index contributed by atoms with van der Waals surface area (Å²) in [6.07, 6.45) is 2.23. The summed E-state index contributed by atoms with van der Waals surface area (Å²) in [6, 6.07) is 0. The molecule has 0 aliphatic rings. The molecule has 0 fully saturated rings. The lowest BCUT2D eigenvalue weighted by atomic mass is 10.0. The Morgan fingerprint density at radius 2 is 1.94 bits per heavy atom. The second kappa shape index (κ2) is 5.66. The molecule has 0 spiro atoms. The van der Waals surface area contributed by atoms with Crippen LogP contribution in [0.2, 0.25) is 0 Å². The Morgan fingerprint density at radius 3 is 2.44 bits per heavy atom. The van der Waals surface area contributed by atoms with Crippen LogP contribution in [0.3, 0.4) is 0 Å². The van der Waals surface area contributed by atoms with Gasteiger partial charge in [-0.05, 0) is 27.2 Å². The molecule has 0 radical (unpaired) electrons. The number of nitrogens with two attached hydrogens (primary N) is 1. The SMILES string of the molecule is CCNc1ncnc(NC(C)(C)C(N)=O)c1CC. The molecule has 4 N–H and O–H groups in total. The van der Waals surface area contributed by atoms with Gasteiger partial charge in [0.2, 0.25) is 5.91 Å². The number of primary amides is 1. The van der Waals surface area contributed by atoms with Crippen LogP contribution < -0.4 is 16.4 Å². The number of hydrogen-bond donors (Lipinski definition) is 3. The molecule has 1 aromatic heterocycles. The van der Waals surface area contributed by atoms with Gasteiger partial charge in [-0.2, -0.15) is 0 Å². The van der Waals surface area contributed by atoms with Gasteiger partial charge in [-0.1, -0.05) is 6.92 Å². The fourth-order valence-electron chi connectivity index (χ4n) is 1.53. The van der Waals surface area contributed by atoms with Crippen molar-refractivity contribution in [3.8, 4) is 0 Å². The van der Waals surface area contributed by atoms with Gasteiger partial charge in [-0.15, -0.1) is 0 Å². The largest absolute Gasteiger partial charge is 0.370 e. The maximum Gasteiger partial charge on any atom is 0.242 e. The lowest BCUT2D eigenvalue weighted by Gasteiger charge is -2.24. The van der Waals surface area contributed by atoms with Crippen molar-refractivity contribution < 1.29 is 4.79 Å². The Hall–Kier alpha value is -1.85.